The predicted molar refractivity (Wildman–Crippen MR) is 89.6 cm³/mol. The Morgan fingerprint density at radius 2 is 1.86 bits per heavy atom. The summed E-state index contributed by atoms with van der Waals surface area (Å²) >= 11 is 0. The highest BCUT2D eigenvalue weighted by atomic mass is 15.2. The van der Waals surface area contributed by atoms with Crippen LogP contribution in [0.4, 0.5) is 0 Å². The maximum Gasteiger partial charge on any atom is 0.0478 e. The molecule has 0 spiro atoms. The van der Waals surface area contributed by atoms with Crippen LogP contribution in [0.3, 0.4) is 0 Å². The molecule has 1 N–H and O–H groups in total. The van der Waals surface area contributed by atoms with Crippen molar-refractivity contribution in [3.05, 3.63) is 35.4 Å². The van der Waals surface area contributed by atoms with E-state index >= 15 is 0 Å². The summed E-state index contributed by atoms with van der Waals surface area (Å²) in [6, 6.07) is 11.0. The van der Waals surface area contributed by atoms with Gasteiger partial charge in [0.15, 0.2) is 0 Å². The second kappa shape index (κ2) is 6.93. The van der Waals surface area contributed by atoms with Crippen LogP contribution in [0.2, 0.25) is 0 Å². The van der Waals surface area contributed by atoms with Gasteiger partial charge in [-0.05, 0) is 50.4 Å². The van der Waals surface area contributed by atoms with Crippen molar-refractivity contribution in [1.82, 2.24) is 10.2 Å². The average molecular weight is 286 g/mol. The summed E-state index contributed by atoms with van der Waals surface area (Å²) in [7, 11) is 2.13. The summed E-state index contributed by atoms with van der Waals surface area (Å²) in [4.78, 5) is 2.82. The molecular formula is C19H30N2. The van der Waals surface area contributed by atoms with Crippen molar-refractivity contribution in [3.63, 3.8) is 0 Å². The first-order chi connectivity index (χ1) is 10.3. The maximum absolute atomic E-state index is 3.62. The number of aryl methyl sites for hydroxylation is 1. The summed E-state index contributed by atoms with van der Waals surface area (Å²) in [6.45, 7) is 3.54. The third-order valence-corrected chi connectivity index (χ3v) is 5.63. The Bertz CT molecular complexity index is 451. The fourth-order valence-corrected chi connectivity index (χ4v) is 4.62. The molecular weight excluding hydrogens is 256 g/mol. The van der Waals surface area contributed by atoms with Crippen LogP contribution in [0.25, 0.3) is 0 Å². The Balaban J connectivity index is 1.83. The Labute approximate surface area is 129 Å². The quantitative estimate of drug-likeness (QED) is 0.902. The van der Waals surface area contributed by atoms with Crippen molar-refractivity contribution >= 4 is 0 Å². The Morgan fingerprint density at radius 1 is 1.10 bits per heavy atom. The molecule has 3 rings (SSSR count). The van der Waals surface area contributed by atoms with Gasteiger partial charge in [-0.15, -0.1) is 0 Å². The van der Waals surface area contributed by atoms with Gasteiger partial charge in [-0.25, -0.2) is 0 Å². The summed E-state index contributed by atoms with van der Waals surface area (Å²) < 4.78 is 0. The SMILES string of the molecule is CCN(C1CCCCC1)C1CCc2ccccc2C1NC. The number of nitrogens with zero attached hydrogens (tertiary/aromatic N) is 1. The highest BCUT2D eigenvalue weighted by Gasteiger charge is 2.35. The molecule has 1 saturated carbocycles. The van der Waals surface area contributed by atoms with Gasteiger partial charge in [-0.1, -0.05) is 50.5 Å². The molecule has 0 radical (unpaired) electrons. The van der Waals surface area contributed by atoms with Crippen LogP contribution in [0.1, 0.15) is 62.6 Å². The van der Waals surface area contributed by atoms with Crippen LogP contribution < -0.4 is 5.32 Å². The van der Waals surface area contributed by atoms with Crippen molar-refractivity contribution in [1.29, 1.82) is 0 Å². The molecule has 0 heterocycles. The topological polar surface area (TPSA) is 15.3 Å². The number of fused-ring (bicyclic) bond motifs is 1. The Kier molecular flexibility index (Phi) is 4.97. The van der Waals surface area contributed by atoms with E-state index in [2.05, 4.69) is 48.5 Å². The highest BCUT2D eigenvalue weighted by molar-refractivity contribution is 5.34. The van der Waals surface area contributed by atoms with E-state index in [1.165, 1.54) is 57.1 Å². The molecule has 0 aliphatic heterocycles. The summed E-state index contributed by atoms with van der Waals surface area (Å²) in [5, 5.41) is 3.62. The van der Waals surface area contributed by atoms with Gasteiger partial charge in [0, 0.05) is 18.1 Å². The molecule has 1 aromatic rings. The first-order valence-corrected chi connectivity index (χ1v) is 8.86. The molecule has 2 atom stereocenters. The van der Waals surface area contributed by atoms with Crippen LogP contribution in [0, 0.1) is 0 Å². The molecule has 1 fully saturated rings. The molecule has 0 saturated heterocycles. The molecule has 0 aromatic heterocycles. The lowest BCUT2D eigenvalue weighted by Crippen LogP contribution is -2.51. The van der Waals surface area contributed by atoms with E-state index in [0.29, 0.717) is 12.1 Å². The van der Waals surface area contributed by atoms with Crippen molar-refractivity contribution in [2.24, 2.45) is 0 Å². The molecule has 0 bridgehead atoms. The minimum absolute atomic E-state index is 0.497. The molecule has 2 nitrogen and oxygen atoms in total. The average Bonchev–Trinajstić information content (AvgIpc) is 2.56. The van der Waals surface area contributed by atoms with E-state index in [1.807, 2.05) is 0 Å². The second-order valence-electron chi connectivity index (χ2n) is 6.69. The molecule has 2 heteroatoms. The smallest absolute Gasteiger partial charge is 0.0478 e. The molecule has 2 aliphatic rings. The minimum Gasteiger partial charge on any atom is -0.312 e. The number of hydrogen-bond donors (Lipinski definition) is 1. The normalized spacial score (nSPS) is 26.8. The van der Waals surface area contributed by atoms with Gasteiger partial charge >= 0.3 is 0 Å². The van der Waals surface area contributed by atoms with E-state index in [9.17, 15) is 0 Å². The first kappa shape index (κ1) is 15.1. The van der Waals surface area contributed by atoms with E-state index < -0.39 is 0 Å². The first-order valence-electron chi connectivity index (χ1n) is 8.86. The van der Waals surface area contributed by atoms with Crippen molar-refractivity contribution < 1.29 is 0 Å². The zero-order valence-corrected chi connectivity index (χ0v) is 13.6. The van der Waals surface area contributed by atoms with Gasteiger partial charge < -0.3 is 5.32 Å². The van der Waals surface area contributed by atoms with Crippen LogP contribution in [-0.2, 0) is 6.42 Å². The fraction of sp³-hybridized carbons (Fsp3) is 0.684. The fourth-order valence-electron chi connectivity index (χ4n) is 4.62. The number of likely N-dealkylation sites (N-methyl/N-ethyl adjacent to an activating group) is 2. The van der Waals surface area contributed by atoms with Gasteiger partial charge in [-0.3, -0.25) is 4.90 Å². The Hall–Kier alpha value is -0.860. The molecule has 0 amide bonds. The monoisotopic (exact) mass is 286 g/mol. The van der Waals surface area contributed by atoms with Gasteiger partial charge in [0.1, 0.15) is 0 Å². The van der Waals surface area contributed by atoms with E-state index in [1.54, 1.807) is 5.56 Å². The van der Waals surface area contributed by atoms with E-state index in [0.717, 1.165) is 6.04 Å². The van der Waals surface area contributed by atoms with Gasteiger partial charge in [0.05, 0.1) is 0 Å². The lowest BCUT2D eigenvalue weighted by Gasteiger charge is -2.45. The number of hydrogen-bond acceptors (Lipinski definition) is 2. The number of benzene rings is 1. The minimum atomic E-state index is 0.497. The van der Waals surface area contributed by atoms with Crippen molar-refractivity contribution in [2.45, 2.75) is 70.0 Å². The van der Waals surface area contributed by atoms with Gasteiger partial charge in [0.25, 0.3) is 0 Å². The van der Waals surface area contributed by atoms with E-state index in [-0.39, 0.29) is 0 Å². The van der Waals surface area contributed by atoms with Crippen molar-refractivity contribution in [2.75, 3.05) is 13.6 Å². The third-order valence-electron chi connectivity index (χ3n) is 5.63. The standard InChI is InChI=1S/C19H30N2/c1-3-21(16-10-5-4-6-11-16)18-14-13-15-9-7-8-12-17(15)19(18)20-2/h7-9,12,16,18-20H,3-6,10-11,13-14H2,1-2H3. The highest BCUT2D eigenvalue weighted by Crippen LogP contribution is 2.35. The van der Waals surface area contributed by atoms with Crippen LogP contribution in [0.5, 0.6) is 0 Å². The lowest BCUT2D eigenvalue weighted by atomic mass is 9.81. The largest absolute Gasteiger partial charge is 0.312 e. The third kappa shape index (κ3) is 3.02. The summed E-state index contributed by atoms with van der Waals surface area (Å²) in [5.74, 6) is 0. The maximum atomic E-state index is 3.62. The number of rotatable bonds is 4. The van der Waals surface area contributed by atoms with Crippen LogP contribution in [0.15, 0.2) is 24.3 Å². The van der Waals surface area contributed by atoms with Crippen LogP contribution in [-0.4, -0.2) is 30.6 Å². The van der Waals surface area contributed by atoms with Crippen molar-refractivity contribution in [3.8, 4) is 0 Å². The zero-order chi connectivity index (χ0) is 14.7. The summed E-state index contributed by atoms with van der Waals surface area (Å²) in [5.41, 5.74) is 3.08. The lowest BCUT2D eigenvalue weighted by molar-refractivity contribution is 0.0777. The predicted octanol–water partition coefficient (Wildman–Crippen LogP) is 3.92. The zero-order valence-electron chi connectivity index (χ0n) is 13.6. The number of nitrogens with one attached hydrogen (secondary N) is 1. The molecule has 2 unspecified atom stereocenters. The van der Waals surface area contributed by atoms with Crippen LogP contribution >= 0.6 is 0 Å². The molecule has 21 heavy (non-hydrogen) atoms. The van der Waals surface area contributed by atoms with Gasteiger partial charge in [0.2, 0.25) is 0 Å². The van der Waals surface area contributed by atoms with E-state index in [4.69, 9.17) is 0 Å². The molecule has 1 aromatic carbocycles. The second-order valence-corrected chi connectivity index (χ2v) is 6.69. The molecule has 116 valence electrons. The Morgan fingerprint density at radius 3 is 2.57 bits per heavy atom. The molecule has 2 aliphatic carbocycles. The summed E-state index contributed by atoms with van der Waals surface area (Å²) in [6.07, 6.45) is 9.64. The van der Waals surface area contributed by atoms with Gasteiger partial charge in [-0.2, -0.15) is 0 Å².